The lowest BCUT2D eigenvalue weighted by Gasteiger charge is -2.51. The van der Waals surface area contributed by atoms with Gasteiger partial charge in [0.1, 0.15) is 23.9 Å². The number of carbonyl (C=O) groups is 4. The Bertz CT molecular complexity index is 855. The number of hydrogen-bond acceptors (Lipinski definition) is 10. The van der Waals surface area contributed by atoms with Gasteiger partial charge in [-0.25, -0.2) is 14.4 Å². The summed E-state index contributed by atoms with van der Waals surface area (Å²) in [5, 5.41) is 1.27. The number of β-lactam (4-membered cyclic amide) rings is 1. The van der Waals surface area contributed by atoms with Crippen LogP contribution in [0.15, 0.2) is 11.5 Å². The summed E-state index contributed by atoms with van der Waals surface area (Å²) in [4.78, 5) is 55.0. The van der Waals surface area contributed by atoms with Gasteiger partial charge in [0, 0.05) is 18.0 Å². The molecule has 2 N–H and O–H groups in total. The second-order valence-corrected chi connectivity index (χ2v) is 9.74. The third-order valence-electron chi connectivity index (χ3n) is 4.96. The van der Waals surface area contributed by atoms with E-state index in [0.29, 0.717) is 12.0 Å². The lowest BCUT2D eigenvalue weighted by Crippen LogP contribution is -2.72. The molecule has 178 valence electrons. The van der Waals surface area contributed by atoms with Gasteiger partial charge in [-0.15, -0.1) is 5.06 Å². The molecule has 1 unspecified atom stereocenters. The first-order valence-corrected chi connectivity index (χ1v) is 10.2. The molecule has 2 amide bonds. The van der Waals surface area contributed by atoms with E-state index in [-0.39, 0.29) is 25.0 Å². The van der Waals surface area contributed by atoms with Gasteiger partial charge in [0.05, 0.1) is 6.04 Å². The van der Waals surface area contributed by atoms with Crippen molar-refractivity contribution in [1.29, 1.82) is 0 Å². The Morgan fingerprint density at radius 2 is 1.62 bits per heavy atom. The highest BCUT2D eigenvalue weighted by Gasteiger charge is 2.65. The van der Waals surface area contributed by atoms with Crippen LogP contribution in [0.2, 0.25) is 0 Å². The fourth-order valence-corrected chi connectivity index (χ4v) is 3.94. The predicted molar refractivity (Wildman–Crippen MR) is 106 cm³/mol. The number of nitrogens with two attached hydrogens (primary N) is 1. The number of hydrogen-bond donors (Lipinski definition) is 1. The summed E-state index contributed by atoms with van der Waals surface area (Å²) in [6.45, 7) is 10.1. The highest BCUT2D eigenvalue weighted by atomic mass is 16.8. The van der Waals surface area contributed by atoms with Crippen molar-refractivity contribution in [2.45, 2.75) is 71.2 Å². The molecular weight excluding hydrogens is 426 g/mol. The molecule has 0 radical (unpaired) electrons. The summed E-state index contributed by atoms with van der Waals surface area (Å²) in [6, 6.07) is -1.26. The first-order chi connectivity index (χ1) is 14.7. The number of nitrogens with zero attached hydrogens (tertiary/aromatic N) is 2. The van der Waals surface area contributed by atoms with Crippen LogP contribution in [0.5, 0.6) is 0 Å². The molecule has 12 nitrogen and oxygen atoms in total. The summed E-state index contributed by atoms with van der Waals surface area (Å²) in [7, 11) is 0. The summed E-state index contributed by atoms with van der Waals surface area (Å²) >= 11 is 0. The average molecular weight is 455 g/mol. The molecule has 0 aromatic heterocycles. The standard InChI is InChI=1S/C20H29N3O9/c1-19(2,3)30-17(26)29-15-11(9-28-16(21)25)10-7-8-22(13-12(10)23(15)14(13)24)32-18(27)31-20(4,5)6/h10,12-13H,7-9H2,1-6H3,(H2,21,25)/t10?,12-,13+/m1/s1. The van der Waals surface area contributed by atoms with Crippen molar-refractivity contribution in [2.24, 2.45) is 11.7 Å². The van der Waals surface area contributed by atoms with E-state index in [1.165, 1.54) is 9.96 Å². The fourth-order valence-electron chi connectivity index (χ4n) is 3.94. The molecule has 0 spiro atoms. The molecule has 3 heterocycles. The van der Waals surface area contributed by atoms with E-state index in [2.05, 4.69) is 0 Å². The average Bonchev–Trinajstić information content (AvgIpc) is 2.86. The predicted octanol–water partition coefficient (Wildman–Crippen LogP) is 2.03. The van der Waals surface area contributed by atoms with E-state index >= 15 is 0 Å². The molecule has 0 aromatic carbocycles. The SMILES string of the molecule is CC(C)(C)OC(=O)OC1=C(COC(N)=O)C2CCN(OC(=O)OC(C)(C)C)[C@@H]3C(=O)N1[C@H]23. The molecule has 32 heavy (non-hydrogen) atoms. The second-order valence-electron chi connectivity index (χ2n) is 9.74. The van der Waals surface area contributed by atoms with E-state index in [9.17, 15) is 19.2 Å². The fraction of sp³-hybridized carbons (Fsp3) is 0.700. The maximum absolute atomic E-state index is 12.9. The highest BCUT2D eigenvalue weighted by Crippen LogP contribution is 2.49. The molecule has 3 aliphatic rings. The largest absolute Gasteiger partial charge is 0.528 e. The van der Waals surface area contributed by atoms with Crippen LogP contribution in [0.4, 0.5) is 14.4 Å². The zero-order chi connectivity index (χ0) is 24.0. The van der Waals surface area contributed by atoms with Gasteiger partial charge >= 0.3 is 18.4 Å². The molecule has 2 saturated heterocycles. The maximum atomic E-state index is 12.9. The topological polar surface area (TPSA) is 147 Å². The Kier molecular flexibility index (Phi) is 6.02. The summed E-state index contributed by atoms with van der Waals surface area (Å²) in [6.07, 6.45) is -2.49. The Morgan fingerprint density at radius 1 is 1.03 bits per heavy atom. The minimum absolute atomic E-state index is 0.0455. The van der Waals surface area contributed by atoms with Crippen LogP contribution in [-0.4, -0.2) is 70.7 Å². The molecule has 3 rings (SSSR count). The van der Waals surface area contributed by atoms with Gasteiger partial charge in [0.25, 0.3) is 5.91 Å². The van der Waals surface area contributed by atoms with Crippen LogP contribution in [0.25, 0.3) is 0 Å². The Balaban J connectivity index is 1.79. The number of piperidine rings is 1. The first kappa shape index (κ1) is 23.6. The van der Waals surface area contributed by atoms with Gasteiger partial charge in [-0.05, 0) is 48.0 Å². The molecule has 0 bridgehead atoms. The van der Waals surface area contributed by atoms with Crippen LogP contribution in [-0.2, 0) is 28.6 Å². The zero-order valence-corrected chi connectivity index (χ0v) is 19.0. The van der Waals surface area contributed by atoms with Gasteiger partial charge in [-0.2, -0.15) is 0 Å². The van der Waals surface area contributed by atoms with Gasteiger partial charge < -0.3 is 29.5 Å². The minimum Gasteiger partial charge on any atom is -0.445 e. The minimum atomic E-state index is -1.00. The highest BCUT2D eigenvalue weighted by molar-refractivity contribution is 5.93. The number of primary amides is 1. The summed E-state index contributed by atoms with van der Waals surface area (Å²) < 4.78 is 20.6. The van der Waals surface area contributed by atoms with Crippen molar-refractivity contribution < 1.29 is 43.0 Å². The normalized spacial score (nSPS) is 25.0. The van der Waals surface area contributed by atoms with Crippen LogP contribution in [0, 0.1) is 5.92 Å². The van der Waals surface area contributed by atoms with E-state index in [0.717, 1.165) is 0 Å². The van der Waals surface area contributed by atoms with Crippen molar-refractivity contribution in [3.05, 3.63) is 11.5 Å². The smallest absolute Gasteiger partial charge is 0.445 e. The summed E-state index contributed by atoms with van der Waals surface area (Å²) in [5.41, 5.74) is 3.96. The number of rotatable bonds is 4. The van der Waals surface area contributed by atoms with Crippen molar-refractivity contribution in [1.82, 2.24) is 9.96 Å². The summed E-state index contributed by atoms with van der Waals surface area (Å²) in [5.74, 6) is -0.764. The number of hydroxylamine groups is 2. The number of amides is 2. The maximum Gasteiger partial charge on any atom is 0.528 e. The van der Waals surface area contributed by atoms with Crippen LogP contribution in [0.3, 0.4) is 0 Å². The molecule has 0 aliphatic carbocycles. The van der Waals surface area contributed by atoms with Gasteiger partial charge in [-0.1, -0.05) is 0 Å². The molecule has 0 aromatic rings. The lowest BCUT2D eigenvalue weighted by atomic mass is 9.79. The van der Waals surface area contributed by atoms with E-state index in [1.807, 2.05) is 0 Å². The Labute approximate surface area is 185 Å². The lowest BCUT2D eigenvalue weighted by molar-refractivity contribution is -0.223. The molecular formula is C20H29N3O9. The third kappa shape index (κ3) is 4.90. The van der Waals surface area contributed by atoms with Gasteiger partial charge in [0.15, 0.2) is 0 Å². The van der Waals surface area contributed by atoms with Crippen molar-refractivity contribution >= 4 is 24.3 Å². The van der Waals surface area contributed by atoms with Gasteiger partial charge in [-0.3, -0.25) is 9.69 Å². The second kappa shape index (κ2) is 8.15. The van der Waals surface area contributed by atoms with E-state index < -0.39 is 47.6 Å². The quantitative estimate of drug-likeness (QED) is 0.379. The van der Waals surface area contributed by atoms with E-state index in [1.54, 1.807) is 41.5 Å². The molecule has 3 atom stereocenters. The van der Waals surface area contributed by atoms with Crippen LogP contribution >= 0.6 is 0 Å². The van der Waals surface area contributed by atoms with E-state index in [4.69, 9.17) is 29.5 Å². The first-order valence-electron chi connectivity index (χ1n) is 10.2. The van der Waals surface area contributed by atoms with Crippen molar-refractivity contribution in [3.63, 3.8) is 0 Å². The number of ether oxygens (including phenoxy) is 4. The monoisotopic (exact) mass is 455 g/mol. The number of carbonyl (C=O) groups excluding carboxylic acids is 4. The zero-order valence-electron chi connectivity index (χ0n) is 19.0. The molecule has 3 aliphatic heterocycles. The van der Waals surface area contributed by atoms with Gasteiger partial charge in [0.2, 0.25) is 5.88 Å². The van der Waals surface area contributed by atoms with Crippen molar-refractivity contribution in [2.75, 3.05) is 13.2 Å². The Morgan fingerprint density at radius 3 is 2.19 bits per heavy atom. The van der Waals surface area contributed by atoms with Crippen molar-refractivity contribution in [3.8, 4) is 0 Å². The Hall–Kier alpha value is -3.02. The molecule has 2 fully saturated rings. The molecule has 0 saturated carbocycles. The molecule has 12 heteroatoms. The van der Waals surface area contributed by atoms with Crippen LogP contribution in [0.1, 0.15) is 48.0 Å². The third-order valence-corrected chi connectivity index (χ3v) is 4.96. The van der Waals surface area contributed by atoms with Crippen LogP contribution < -0.4 is 5.73 Å².